The van der Waals surface area contributed by atoms with E-state index < -0.39 is 0 Å². The molecule has 2 aromatic carbocycles. The van der Waals surface area contributed by atoms with Gasteiger partial charge in [0.1, 0.15) is 5.83 Å². The standard InChI is InChI=1S/C22H22ClFN2O2.ClH/c1-3-28-22(27)16-7-8-20-19(12-16)21(15-5-4-6-17(23)11-15)14(2)26(20)13-18(24)9-10-25;/h4-9,11-12H,3,10,13,25H2,1-2H3;1H. The lowest BCUT2D eigenvalue weighted by molar-refractivity contribution is 0.0526. The molecule has 4 nitrogen and oxygen atoms in total. The van der Waals surface area contributed by atoms with Crippen LogP contribution in [0.15, 0.2) is 54.4 Å². The fourth-order valence-electron chi connectivity index (χ4n) is 3.38. The third-order valence-electron chi connectivity index (χ3n) is 4.60. The summed E-state index contributed by atoms with van der Waals surface area (Å²) in [7, 11) is 0. The number of benzene rings is 2. The molecule has 1 heterocycles. The van der Waals surface area contributed by atoms with Crippen molar-refractivity contribution in [3.05, 3.63) is 70.6 Å². The van der Waals surface area contributed by atoms with Crippen molar-refractivity contribution in [2.24, 2.45) is 5.73 Å². The predicted octanol–water partition coefficient (Wildman–Crippen LogP) is 5.68. The maximum absolute atomic E-state index is 14.2. The summed E-state index contributed by atoms with van der Waals surface area (Å²) in [5.41, 5.74) is 9.39. The number of hydrogen-bond acceptors (Lipinski definition) is 3. The van der Waals surface area contributed by atoms with E-state index in [1.165, 1.54) is 6.08 Å². The van der Waals surface area contributed by atoms with Crippen LogP contribution in [0, 0.1) is 6.92 Å². The Morgan fingerprint density at radius 2 is 2.03 bits per heavy atom. The number of ether oxygens (including phenoxy) is 1. The molecule has 7 heteroatoms. The summed E-state index contributed by atoms with van der Waals surface area (Å²) in [5.74, 6) is -0.698. The molecule has 1 aromatic heterocycles. The maximum Gasteiger partial charge on any atom is 0.338 e. The average Bonchev–Trinajstić information content (AvgIpc) is 2.93. The first-order valence-electron chi connectivity index (χ1n) is 9.06. The minimum Gasteiger partial charge on any atom is -0.462 e. The van der Waals surface area contributed by atoms with E-state index in [1.807, 2.05) is 35.8 Å². The third kappa shape index (κ3) is 4.81. The lowest BCUT2D eigenvalue weighted by Gasteiger charge is -2.08. The number of allylic oxidation sites excluding steroid dienone is 1. The van der Waals surface area contributed by atoms with Crippen molar-refractivity contribution in [3.8, 4) is 11.1 Å². The van der Waals surface area contributed by atoms with E-state index in [0.717, 1.165) is 27.7 Å². The highest BCUT2D eigenvalue weighted by Gasteiger charge is 2.19. The minimum absolute atomic E-state index is 0. The molecule has 0 unspecified atom stereocenters. The average molecular weight is 437 g/mol. The van der Waals surface area contributed by atoms with Crippen molar-refractivity contribution in [2.75, 3.05) is 13.2 Å². The highest BCUT2D eigenvalue weighted by atomic mass is 35.5. The van der Waals surface area contributed by atoms with Crippen LogP contribution in [-0.4, -0.2) is 23.7 Å². The van der Waals surface area contributed by atoms with Gasteiger partial charge in [0, 0.05) is 33.7 Å². The molecular weight excluding hydrogens is 414 g/mol. The summed E-state index contributed by atoms with van der Waals surface area (Å²) >= 11 is 6.19. The Hall–Kier alpha value is -2.34. The normalized spacial score (nSPS) is 11.4. The predicted molar refractivity (Wildman–Crippen MR) is 119 cm³/mol. The van der Waals surface area contributed by atoms with Gasteiger partial charge >= 0.3 is 5.97 Å². The second kappa shape index (κ2) is 9.92. The van der Waals surface area contributed by atoms with Gasteiger partial charge < -0.3 is 15.0 Å². The van der Waals surface area contributed by atoms with Crippen LogP contribution in [0.1, 0.15) is 23.0 Å². The fraction of sp³-hybridized carbons (Fsp3) is 0.227. The van der Waals surface area contributed by atoms with Crippen molar-refractivity contribution < 1.29 is 13.9 Å². The lowest BCUT2D eigenvalue weighted by Crippen LogP contribution is -2.05. The molecule has 0 saturated heterocycles. The van der Waals surface area contributed by atoms with Crippen LogP contribution in [-0.2, 0) is 11.3 Å². The molecule has 0 bridgehead atoms. The zero-order chi connectivity index (χ0) is 20.3. The van der Waals surface area contributed by atoms with Gasteiger partial charge in [0.05, 0.1) is 18.7 Å². The number of nitrogens with zero attached hydrogens (tertiary/aromatic N) is 1. The molecule has 0 radical (unpaired) electrons. The molecule has 29 heavy (non-hydrogen) atoms. The molecule has 0 aliphatic heterocycles. The lowest BCUT2D eigenvalue weighted by atomic mass is 10.0. The van der Waals surface area contributed by atoms with Gasteiger partial charge in [0.15, 0.2) is 0 Å². The maximum atomic E-state index is 14.2. The van der Waals surface area contributed by atoms with Crippen LogP contribution in [0.25, 0.3) is 22.0 Å². The molecule has 3 rings (SSSR count). The Morgan fingerprint density at radius 1 is 1.28 bits per heavy atom. The van der Waals surface area contributed by atoms with E-state index in [2.05, 4.69) is 0 Å². The number of nitrogens with two attached hydrogens (primary N) is 1. The number of halogens is 3. The van der Waals surface area contributed by atoms with Crippen molar-refractivity contribution in [1.82, 2.24) is 4.57 Å². The first-order valence-corrected chi connectivity index (χ1v) is 9.44. The van der Waals surface area contributed by atoms with Gasteiger partial charge in [-0.05, 0) is 55.8 Å². The van der Waals surface area contributed by atoms with E-state index in [4.69, 9.17) is 22.1 Å². The molecule has 0 aliphatic rings. The zero-order valence-electron chi connectivity index (χ0n) is 16.2. The number of carbonyl (C=O) groups excluding carboxylic acids is 1. The summed E-state index contributed by atoms with van der Waals surface area (Å²) in [5, 5.41) is 1.44. The highest BCUT2D eigenvalue weighted by Crippen LogP contribution is 2.36. The Balaban J connectivity index is 0.00000300. The second-order valence-corrected chi connectivity index (χ2v) is 6.83. The topological polar surface area (TPSA) is 57.2 Å². The highest BCUT2D eigenvalue weighted by molar-refractivity contribution is 6.31. The number of hydrogen-bond donors (Lipinski definition) is 1. The number of fused-ring (bicyclic) bond motifs is 1. The molecule has 3 aromatic rings. The number of esters is 1. The van der Waals surface area contributed by atoms with Crippen LogP contribution in [0.3, 0.4) is 0 Å². The first-order chi connectivity index (χ1) is 13.5. The summed E-state index contributed by atoms with van der Waals surface area (Å²) in [6, 6.07) is 12.8. The van der Waals surface area contributed by atoms with Crippen LogP contribution < -0.4 is 5.73 Å². The smallest absolute Gasteiger partial charge is 0.338 e. The molecule has 154 valence electrons. The summed E-state index contributed by atoms with van der Waals surface area (Å²) in [4.78, 5) is 12.2. The Kier molecular flexibility index (Phi) is 7.85. The van der Waals surface area contributed by atoms with Crippen LogP contribution in [0.5, 0.6) is 0 Å². The SMILES string of the molecule is CCOC(=O)c1ccc2c(c1)c(-c1cccc(Cl)c1)c(C)n2CC(F)=CCN.Cl. The molecule has 0 spiro atoms. The number of aromatic nitrogens is 1. The van der Waals surface area contributed by atoms with Gasteiger partial charge in [-0.25, -0.2) is 9.18 Å². The van der Waals surface area contributed by atoms with Gasteiger partial charge in [0.25, 0.3) is 0 Å². The molecule has 0 fully saturated rings. The quantitative estimate of drug-likeness (QED) is 0.505. The monoisotopic (exact) mass is 436 g/mol. The van der Waals surface area contributed by atoms with Crippen molar-refractivity contribution in [3.63, 3.8) is 0 Å². The number of rotatable bonds is 6. The second-order valence-electron chi connectivity index (χ2n) is 6.40. The first kappa shape index (κ1) is 22.9. The van der Waals surface area contributed by atoms with Gasteiger partial charge in [-0.15, -0.1) is 12.4 Å². The summed E-state index contributed by atoms with van der Waals surface area (Å²) < 4.78 is 21.2. The molecule has 0 atom stereocenters. The van der Waals surface area contributed by atoms with Gasteiger partial charge in [-0.2, -0.15) is 0 Å². The number of carbonyl (C=O) groups is 1. The molecule has 0 aliphatic carbocycles. The van der Waals surface area contributed by atoms with Gasteiger partial charge in [0.2, 0.25) is 0 Å². The van der Waals surface area contributed by atoms with E-state index in [1.54, 1.807) is 25.1 Å². The Labute approximate surface area is 180 Å². The van der Waals surface area contributed by atoms with Crippen molar-refractivity contribution in [2.45, 2.75) is 20.4 Å². The Bertz CT molecular complexity index is 1060. The summed E-state index contributed by atoms with van der Waals surface area (Å²) in [6.45, 7) is 4.20. The zero-order valence-corrected chi connectivity index (χ0v) is 17.8. The van der Waals surface area contributed by atoms with Crippen molar-refractivity contribution >= 4 is 40.9 Å². The molecular formula is C22H23Cl2FN2O2. The fourth-order valence-corrected chi connectivity index (χ4v) is 3.57. The Morgan fingerprint density at radius 3 is 2.69 bits per heavy atom. The van der Waals surface area contributed by atoms with Crippen LogP contribution in [0.2, 0.25) is 5.02 Å². The van der Waals surface area contributed by atoms with E-state index in [0.29, 0.717) is 17.2 Å². The van der Waals surface area contributed by atoms with Crippen molar-refractivity contribution in [1.29, 1.82) is 0 Å². The molecule has 0 saturated carbocycles. The minimum atomic E-state index is -0.388. The third-order valence-corrected chi connectivity index (χ3v) is 4.83. The van der Waals surface area contributed by atoms with Gasteiger partial charge in [-0.3, -0.25) is 0 Å². The van der Waals surface area contributed by atoms with Crippen LogP contribution >= 0.6 is 24.0 Å². The van der Waals surface area contributed by atoms with E-state index in [9.17, 15) is 9.18 Å². The van der Waals surface area contributed by atoms with Gasteiger partial charge in [-0.1, -0.05) is 23.7 Å². The van der Waals surface area contributed by atoms with E-state index in [-0.39, 0.29) is 37.3 Å². The largest absolute Gasteiger partial charge is 0.462 e. The molecule has 2 N–H and O–H groups in total. The summed E-state index contributed by atoms with van der Waals surface area (Å²) in [6.07, 6.45) is 1.36. The van der Waals surface area contributed by atoms with E-state index >= 15 is 0 Å². The molecule has 0 amide bonds. The van der Waals surface area contributed by atoms with Crippen LogP contribution in [0.4, 0.5) is 4.39 Å².